The third-order valence-corrected chi connectivity index (χ3v) is 2.54. The van der Waals surface area contributed by atoms with Gasteiger partial charge in [0.25, 0.3) is 0 Å². The van der Waals surface area contributed by atoms with Gasteiger partial charge in [0.1, 0.15) is 5.82 Å². The quantitative estimate of drug-likeness (QED) is 0.799. The summed E-state index contributed by atoms with van der Waals surface area (Å²) in [6.45, 7) is 1.29. The van der Waals surface area contributed by atoms with Gasteiger partial charge in [0.15, 0.2) is 0 Å². The van der Waals surface area contributed by atoms with Crippen molar-refractivity contribution in [3.63, 3.8) is 0 Å². The first-order chi connectivity index (χ1) is 7.83. The van der Waals surface area contributed by atoms with Gasteiger partial charge in [-0.1, -0.05) is 24.3 Å². The van der Waals surface area contributed by atoms with Gasteiger partial charge < -0.3 is 15.4 Å². The fourth-order valence-corrected chi connectivity index (χ4v) is 1.62. The number of benzene rings is 1. The molecule has 4 heteroatoms. The number of nitrogens with two attached hydrogens (primary N) is 1. The van der Waals surface area contributed by atoms with Crippen molar-refractivity contribution in [2.24, 2.45) is 5.73 Å². The van der Waals surface area contributed by atoms with Gasteiger partial charge in [0, 0.05) is 18.9 Å². The maximum absolute atomic E-state index is 8.94. The molecule has 0 aliphatic carbocycles. The Labute approximate surface area is 94.4 Å². The highest BCUT2D eigenvalue weighted by Gasteiger charge is 2.01. The summed E-state index contributed by atoms with van der Waals surface area (Å²) in [7, 11) is 0. The van der Waals surface area contributed by atoms with Gasteiger partial charge in [0.05, 0.1) is 13.2 Å². The fourth-order valence-electron chi connectivity index (χ4n) is 1.62. The fraction of sp³-hybridized carbons (Fsp3) is 0.250. The Kier molecular flexibility index (Phi) is 3.34. The first-order valence-corrected chi connectivity index (χ1v) is 5.22. The summed E-state index contributed by atoms with van der Waals surface area (Å²) in [4.78, 5) is 4.16. The van der Waals surface area contributed by atoms with Crippen molar-refractivity contribution in [2.75, 3.05) is 0 Å². The predicted octanol–water partition coefficient (Wildman–Crippen LogP) is 0.882. The Morgan fingerprint density at radius 2 is 1.88 bits per heavy atom. The Balaban J connectivity index is 2.14. The average molecular weight is 217 g/mol. The summed E-state index contributed by atoms with van der Waals surface area (Å²) in [5.74, 6) is 0.881. The molecule has 3 N–H and O–H groups in total. The molecule has 0 amide bonds. The largest absolute Gasteiger partial charge is 0.392 e. The lowest BCUT2D eigenvalue weighted by Gasteiger charge is -2.07. The van der Waals surface area contributed by atoms with Crippen molar-refractivity contribution < 1.29 is 5.11 Å². The maximum atomic E-state index is 8.94. The van der Waals surface area contributed by atoms with Crippen LogP contribution in [0.1, 0.15) is 17.0 Å². The van der Waals surface area contributed by atoms with E-state index in [-0.39, 0.29) is 6.61 Å². The van der Waals surface area contributed by atoms with Crippen LogP contribution in [0.5, 0.6) is 0 Å². The Morgan fingerprint density at radius 1 is 1.19 bits per heavy atom. The minimum absolute atomic E-state index is 0.0827. The standard InChI is InChI=1S/C12H15N3O/c13-7-12-14-5-6-15(12)8-10-1-3-11(9-16)4-2-10/h1-6,16H,7-9,13H2. The molecule has 0 aliphatic rings. The Bertz CT molecular complexity index is 448. The van der Waals surface area contributed by atoms with Crippen molar-refractivity contribution >= 4 is 0 Å². The summed E-state index contributed by atoms with van der Waals surface area (Å²) in [6.07, 6.45) is 3.67. The van der Waals surface area contributed by atoms with E-state index in [1.165, 1.54) is 5.56 Å². The molecule has 0 fully saturated rings. The number of imidazole rings is 1. The minimum Gasteiger partial charge on any atom is -0.392 e. The molecule has 1 aromatic heterocycles. The van der Waals surface area contributed by atoms with Crippen LogP contribution < -0.4 is 5.73 Å². The number of hydrogen-bond donors (Lipinski definition) is 2. The predicted molar refractivity (Wildman–Crippen MR) is 61.6 cm³/mol. The summed E-state index contributed by atoms with van der Waals surface area (Å²) >= 11 is 0. The van der Waals surface area contributed by atoms with Gasteiger partial charge in [-0.3, -0.25) is 0 Å². The van der Waals surface area contributed by atoms with Gasteiger partial charge in [-0.15, -0.1) is 0 Å². The molecule has 1 heterocycles. The molecule has 0 saturated carbocycles. The lowest BCUT2D eigenvalue weighted by Crippen LogP contribution is -2.08. The molecule has 16 heavy (non-hydrogen) atoms. The zero-order valence-electron chi connectivity index (χ0n) is 9.00. The van der Waals surface area contributed by atoms with Crippen molar-refractivity contribution in [3.05, 3.63) is 53.6 Å². The van der Waals surface area contributed by atoms with E-state index >= 15 is 0 Å². The van der Waals surface area contributed by atoms with Crippen LogP contribution in [-0.4, -0.2) is 14.7 Å². The van der Waals surface area contributed by atoms with E-state index in [0.717, 1.165) is 17.9 Å². The Hall–Kier alpha value is -1.65. The smallest absolute Gasteiger partial charge is 0.122 e. The van der Waals surface area contributed by atoms with E-state index in [1.807, 2.05) is 35.0 Å². The van der Waals surface area contributed by atoms with Gasteiger partial charge in [-0.2, -0.15) is 0 Å². The molecule has 2 rings (SSSR count). The van der Waals surface area contributed by atoms with Crippen LogP contribution in [0.15, 0.2) is 36.7 Å². The number of rotatable bonds is 4. The lowest BCUT2D eigenvalue weighted by molar-refractivity contribution is 0.282. The molecule has 0 saturated heterocycles. The number of aliphatic hydroxyl groups is 1. The SMILES string of the molecule is NCc1nccn1Cc1ccc(CO)cc1. The van der Waals surface area contributed by atoms with Gasteiger partial charge in [-0.05, 0) is 11.1 Å². The zero-order valence-corrected chi connectivity index (χ0v) is 9.00. The van der Waals surface area contributed by atoms with Crippen LogP contribution in [-0.2, 0) is 19.7 Å². The maximum Gasteiger partial charge on any atom is 0.122 e. The van der Waals surface area contributed by atoms with Crippen LogP contribution >= 0.6 is 0 Å². The number of nitrogens with zero attached hydrogens (tertiary/aromatic N) is 2. The molecular formula is C12H15N3O. The van der Waals surface area contributed by atoms with Gasteiger partial charge >= 0.3 is 0 Å². The molecule has 0 atom stereocenters. The van der Waals surface area contributed by atoms with Gasteiger partial charge in [0.2, 0.25) is 0 Å². The topological polar surface area (TPSA) is 64.1 Å². The molecule has 4 nitrogen and oxygen atoms in total. The molecule has 1 aromatic carbocycles. The second-order valence-corrected chi connectivity index (χ2v) is 3.65. The van der Waals surface area contributed by atoms with E-state index in [4.69, 9.17) is 10.8 Å². The molecule has 0 spiro atoms. The molecule has 0 aliphatic heterocycles. The van der Waals surface area contributed by atoms with E-state index in [0.29, 0.717) is 6.54 Å². The lowest BCUT2D eigenvalue weighted by atomic mass is 10.1. The van der Waals surface area contributed by atoms with Crippen LogP contribution in [0, 0.1) is 0 Å². The molecule has 0 unspecified atom stereocenters. The number of aromatic nitrogens is 2. The third kappa shape index (κ3) is 2.29. The molecule has 2 aromatic rings. The molecule has 84 valence electrons. The first kappa shape index (κ1) is 10.9. The van der Waals surface area contributed by atoms with E-state index in [2.05, 4.69) is 4.98 Å². The highest BCUT2D eigenvalue weighted by Crippen LogP contribution is 2.07. The normalized spacial score (nSPS) is 10.6. The second-order valence-electron chi connectivity index (χ2n) is 3.65. The minimum atomic E-state index is 0.0827. The second kappa shape index (κ2) is 4.92. The number of hydrogen-bond acceptors (Lipinski definition) is 3. The third-order valence-electron chi connectivity index (χ3n) is 2.54. The molecule has 0 radical (unpaired) electrons. The van der Waals surface area contributed by atoms with E-state index in [9.17, 15) is 0 Å². The summed E-state index contributed by atoms with van der Waals surface area (Å²) < 4.78 is 2.02. The molecular weight excluding hydrogens is 202 g/mol. The summed E-state index contributed by atoms with van der Waals surface area (Å²) in [5, 5.41) is 8.94. The van der Waals surface area contributed by atoms with Crippen LogP contribution in [0.25, 0.3) is 0 Å². The average Bonchev–Trinajstić information content (AvgIpc) is 2.77. The van der Waals surface area contributed by atoms with Crippen molar-refractivity contribution in [2.45, 2.75) is 19.7 Å². The summed E-state index contributed by atoms with van der Waals surface area (Å²) in [5.41, 5.74) is 7.67. The molecule has 0 bridgehead atoms. The van der Waals surface area contributed by atoms with E-state index in [1.54, 1.807) is 6.20 Å². The first-order valence-electron chi connectivity index (χ1n) is 5.22. The van der Waals surface area contributed by atoms with Crippen molar-refractivity contribution in [3.8, 4) is 0 Å². The van der Waals surface area contributed by atoms with Crippen LogP contribution in [0.4, 0.5) is 0 Å². The zero-order chi connectivity index (χ0) is 11.4. The van der Waals surface area contributed by atoms with E-state index < -0.39 is 0 Å². The van der Waals surface area contributed by atoms with Gasteiger partial charge in [-0.25, -0.2) is 4.98 Å². The highest BCUT2D eigenvalue weighted by molar-refractivity contribution is 5.22. The number of aliphatic hydroxyl groups excluding tert-OH is 1. The monoisotopic (exact) mass is 217 g/mol. The van der Waals surface area contributed by atoms with Crippen LogP contribution in [0.2, 0.25) is 0 Å². The Morgan fingerprint density at radius 3 is 2.50 bits per heavy atom. The van der Waals surface area contributed by atoms with Crippen LogP contribution in [0.3, 0.4) is 0 Å². The van der Waals surface area contributed by atoms with Crippen molar-refractivity contribution in [1.82, 2.24) is 9.55 Å². The highest BCUT2D eigenvalue weighted by atomic mass is 16.3. The van der Waals surface area contributed by atoms with Crippen molar-refractivity contribution in [1.29, 1.82) is 0 Å². The summed E-state index contributed by atoms with van der Waals surface area (Å²) in [6, 6.07) is 7.86.